The van der Waals surface area contributed by atoms with Crippen LogP contribution in [0.2, 0.25) is 5.02 Å². The van der Waals surface area contributed by atoms with Crippen molar-refractivity contribution in [1.29, 1.82) is 0 Å². The number of nitrogens with one attached hydrogen (secondary N) is 1. The minimum absolute atomic E-state index is 0.287. The molecule has 7 heteroatoms. The van der Waals surface area contributed by atoms with Gasteiger partial charge in [0.2, 0.25) is 0 Å². The van der Waals surface area contributed by atoms with Gasteiger partial charge in [0.05, 0.1) is 18.0 Å². The Morgan fingerprint density at radius 1 is 1.29 bits per heavy atom. The Bertz CT molecular complexity index is 909. The number of hydrogen-bond acceptors (Lipinski definition) is 4. The number of carbonyl (C=O) groups excluding carboxylic acids is 1. The molecule has 3 heterocycles. The van der Waals surface area contributed by atoms with Gasteiger partial charge in [-0.25, -0.2) is 4.68 Å². The van der Waals surface area contributed by atoms with Gasteiger partial charge < -0.3 is 10.1 Å². The van der Waals surface area contributed by atoms with Crippen LogP contribution in [0.25, 0.3) is 5.69 Å². The maximum absolute atomic E-state index is 12.5. The van der Waals surface area contributed by atoms with Crippen molar-refractivity contribution < 1.29 is 9.53 Å². The van der Waals surface area contributed by atoms with Crippen LogP contribution in [0, 0.1) is 0 Å². The van der Waals surface area contributed by atoms with E-state index in [-0.39, 0.29) is 11.6 Å². The fourth-order valence-corrected chi connectivity index (χ4v) is 2.90. The molecular formula is C17H13ClN4O2. The standard InChI is InChI=1S/C17H13ClN4O2/c18-12-8-11-3-7-24-16(11)14(9-12)21-17(23)15-10-13(2-5-19-15)22-6-1-4-20-22/h1-2,4-6,8-10H,3,7H2,(H,21,23). The second-order valence-corrected chi connectivity index (χ2v) is 5.78. The molecular weight excluding hydrogens is 328 g/mol. The maximum atomic E-state index is 12.5. The number of carbonyl (C=O) groups is 1. The number of amides is 1. The molecule has 1 amide bonds. The Morgan fingerprint density at radius 2 is 2.21 bits per heavy atom. The van der Waals surface area contributed by atoms with Crippen LogP contribution >= 0.6 is 11.6 Å². The summed E-state index contributed by atoms with van der Waals surface area (Å²) in [6.07, 6.45) is 5.83. The Kier molecular flexibility index (Phi) is 3.66. The van der Waals surface area contributed by atoms with E-state index in [0.717, 1.165) is 17.7 Å². The van der Waals surface area contributed by atoms with E-state index in [9.17, 15) is 4.79 Å². The van der Waals surface area contributed by atoms with Gasteiger partial charge in [0.1, 0.15) is 11.4 Å². The number of rotatable bonds is 3. The normalized spacial score (nSPS) is 12.5. The topological polar surface area (TPSA) is 69.0 Å². The van der Waals surface area contributed by atoms with Crippen LogP contribution in [0.4, 0.5) is 5.69 Å². The van der Waals surface area contributed by atoms with E-state index >= 15 is 0 Å². The highest BCUT2D eigenvalue weighted by atomic mass is 35.5. The van der Waals surface area contributed by atoms with Crippen LogP contribution in [0.1, 0.15) is 16.1 Å². The van der Waals surface area contributed by atoms with Crippen molar-refractivity contribution in [2.75, 3.05) is 11.9 Å². The molecule has 6 nitrogen and oxygen atoms in total. The minimum Gasteiger partial charge on any atom is -0.491 e. The quantitative estimate of drug-likeness (QED) is 0.795. The van der Waals surface area contributed by atoms with E-state index in [2.05, 4.69) is 15.4 Å². The monoisotopic (exact) mass is 340 g/mol. The Hall–Kier alpha value is -2.86. The lowest BCUT2D eigenvalue weighted by atomic mass is 10.1. The molecule has 0 radical (unpaired) electrons. The zero-order chi connectivity index (χ0) is 16.5. The Balaban J connectivity index is 1.63. The summed E-state index contributed by atoms with van der Waals surface area (Å²) < 4.78 is 7.26. The van der Waals surface area contributed by atoms with Crippen molar-refractivity contribution in [1.82, 2.24) is 14.8 Å². The van der Waals surface area contributed by atoms with Crippen LogP contribution in [-0.4, -0.2) is 27.3 Å². The van der Waals surface area contributed by atoms with Gasteiger partial charge >= 0.3 is 0 Å². The van der Waals surface area contributed by atoms with Gasteiger partial charge in [-0.3, -0.25) is 9.78 Å². The van der Waals surface area contributed by atoms with E-state index in [1.807, 2.05) is 12.1 Å². The summed E-state index contributed by atoms with van der Waals surface area (Å²) in [6, 6.07) is 8.81. The third-order valence-corrected chi connectivity index (χ3v) is 3.96. The molecule has 0 fully saturated rings. The average molecular weight is 341 g/mol. The first-order chi connectivity index (χ1) is 11.7. The first-order valence-electron chi connectivity index (χ1n) is 7.43. The number of halogens is 1. The Labute approximate surface area is 143 Å². The van der Waals surface area contributed by atoms with E-state index in [4.69, 9.17) is 16.3 Å². The fraction of sp³-hybridized carbons (Fsp3) is 0.118. The molecule has 0 unspecified atom stereocenters. The highest BCUT2D eigenvalue weighted by Gasteiger charge is 2.20. The van der Waals surface area contributed by atoms with Crippen LogP contribution in [0.5, 0.6) is 5.75 Å². The second-order valence-electron chi connectivity index (χ2n) is 5.34. The third kappa shape index (κ3) is 2.72. The van der Waals surface area contributed by atoms with Crippen molar-refractivity contribution in [2.45, 2.75) is 6.42 Å². The molecule has 0 saturated carbocycles. The van der Waals surface area contributed by atoms with E-state index < -0.39 is 0 Å². The van der Waals surface area contributed by atoms with Gasteiger partial charge in [0.25, 0.3) is 5.91 Å². The zero-order valence-corrected chi connectivity index (χ0v) is 13.3. The molecule has 3 aromatic rings. The number of nitrogens with zero attached hydrogens (tertiary/aromatic N) is 3. The smallest absolute Gasteiger partial charge is 0.274 e. The van der Waals surface area contributed by atoms with Crippen molar-refractivity contribution in [3.05, 3.63) is 65.2 Å². The van der Waals surface area contributed by atoms with E-state index in [0.29, 0.717) is 23.1 Å². The lowest BCUT2D eigenvalue weighted by molar-refractivity contribution is 0.102. The maximum Gasteiger partial charge on any atom is 0.274 e. The van der Waals surface area contributed by atoms with Crippen molar-refractivity contribution in [3.8, 4) is 11.4 Å². The number of anilines is 1. The zero-order valence-electron chi connectivity index (χ0n) is 12.6. The molecule has 1 aromatic carbocycles. The molecule has 0 atom stereocenters. The molecule has 24 heavy (non-hydrogen) atoms. The van der Waals surface area contributed by atoms with Gasteiger partial charge in [-0.15, -0.1) is 0 Å². The second kappa shape index (κ2) is 5.98. The lowest BCUT2D eigenvalue weighted by Crippen LogP contribution is -2.15. The molecule has 0 saturated heterocycles. The number of pyridine rings is 1. The van der Waals surface area contributed by atoms with E-state index in [1.165, 1.54) is 0 Å². The summed E-state index contributed by atoms with van der Waals surface area (Å²) >= 11 is 6.12. The fourth-order valence-electron chi connectivity index (χ4n) is 2.66. The summed E-state index contributed by atoms with van der Waals surface area (Å²) in [5.41, 5.74) is 2.60. The molecule has 120 valence electrons. The predicted octanol–water partition coefficient (Wildman–Crippen LogP) is 3.11. The van der Waals surface area contributed by atoms with Gasteiger partial charge in [-0.1, -0.05) is 11.6 Å². The summed E-state index contributed by atoms with van der Waals surface area (Å²) in [5.74, 6) is 0.347. The first kappa shape index (κ1) is 14.7. The highest BCUT2D eigenvalue weighted by Crippen LogP contribution is 2.36. The molecule has 4 rings (SSSR count). The molecule has 0 bridgehead atoms. The molecule has 0 aliphatic carbocycles. The summed E-state index contributed by atoms with van der Waals surface area (Å²) in [4.78, 5) is 16.7. The SMILES string of the molecule is O=C(Nc1cc(Cl)cc2c1OCC2)c1cc(-n2cccn2)ccn1. The highest BCUT2D eigenvalue weighted by molar-refractivity contribution is 6.31. The number of benzene rings is 1. The third-order valence-electron chi connectivity index (χ3n) is 3.74. The van der Waals surface area contributed by atoms with Gasteiger partial charge in [0, 0.05) is 35.6 Å². The molecule has 1 aliphatic heterocycles. The van der Waals surface area contributed by atoms with Gasteiger partial charge in [-0.05, 0) is 30.3 Å². The summed E-state index contributed by atoms with van der Waals surface area (Å²) in [7, 11) is 0. The molecule has 0 spiro atoms. The van der Waals surface area contributed by atoms with Crippen LogP contribution in [0.15, 0.2) is 48.9 Å². The van der Waals surface area contributed by atoms with Crippen LogP contribution < -0.4 is 10.1 Å². The van der Waals surface area contributed by atoms with Gasteiger partial charge in [0.15, 0.2) is 0 Å². The average Bonchev–Trinajstić information content (AvgIpc) is 3.26. The van der Waals surface area contributed by atoms with Crippen molar-refractivity contribution in [2.24, 2.45) is 0 Å². The molecule has 1 N–H and O–H groups in total. The van der Waals surface area contributed by atoms with Crippen molar-refractivity contribution >= 4 is 23.2 Å². The largest absolute Gasteiger partial charge is 0.491 e. The van der Waals surface area contributed by atoms with E-state index in [1.54, 1.807) is 41.5 Å². The first-order valence-corrected chi connectivity index (χ1v) is 7.81. The number of aromatic nitrogens is 3. The van der Waals surface area contributed by atoms with Crippen molar-refractivity contribution in [3.63, 3.8) is 0 Å². The number of ether oxygens (including phenoxy) is 1. The number of hydrogen-bond donors (Lipinski definition) is 1. The molecule has 2 aromatic heterocycles. The lowest BCUT2D eigenvalue weighted by Gasteiger charge is -2.11. The summed E-state index contributed by atoms with van der Waals surface area (Å²) in [6.45, 7) is 0.589. The molecule has 1 aliphatic rings. The minimum atomic E-state index is -0.330. The predicted molar refractivity (Wildman–Crippen MR) is 90.0 cm³/mol. The summed E-state index contributed by atoms with van der Waals surface area (Å²) in [5, 5.41) is 7.54. The Morgan fingerprint density at radius 3 is 3.04 bits per heavy atom. The van der Waals surface area contributed by atoms with Crippen LogP contribution in [0.3, 0.4) is 0 Å². The van der Waals surface area contributed by atoms with Gasteiger partial charge in [-0.2, -0.15) is 5.10 Å². The number of fused-ring (bicyclic) bond motifs is 1. The van der Waals surface area contributed by atoms with Crippen LogP contribution in [-0.2, 0) is 6.42 Å².